The van der Waals surface area contributed by atoms with E-state index in [-0.39, 0.29) is 18.9 Å². The molecule has 1 rings (SSSR count). The molecule has 0 atom stereocenters. The molecule has 1 aromatic heterocycles. The summed E-state index contributed by atoms with van der Waals surface area (Å²) in [5.41, 5.74) is -0.309. The van der Waals surface area contributed by atoms with E-state index in [4.69, 9.17) is 0 Å². The third kappa shape index (κ3) is 1.86. The van der Waals surface area contributed by atoms with Crippen LogP contribution < -0.4 is 0 Å². The van der Waals surface area contributed by atoms with Crippen LogP contribution in [0.25, 0.3) is 0 Å². The standard InChI is InChI=1S/C4Br2N2O4S/c5-1-2(7(9)10)3(6)13-4(1)8(11)12. The first-order valence-corrected chi connectivity index (χ1v) is 5.12. The van der Waals surface area contributed by atoms with E-state index in [2.05, 4.69) is 31.9 Å². The van der Waals surface area contributed by atoms with Crippen LogP contribution >= 0.6 is 43.2 Å². The van der Waals surface area contributed by atoms with Gasteiger partial charge in [0.05, 0.1) is 9.85 Å². The Balaban J connectivity index is 3.39. The van der Waals surface area contributed by atoms with Crippen LogP contribution in [0.4, 0.5) is 10.7 Å². The summed E-state index contributed by atoms with van der Waals surface area (Å²) in [6.07, 6.45) is 0. The topological polar surface area (TPSA) is 86.3 Å². The smallest absolute Gasteiger partial charge is 0.258 e. The summed E-state index contributed by atoms with van der Waals surface area (Å²) in [7, 11) is 0. The van der Waals surface area contributed by atoms with Gasteiger partial charge in [0.15, 0.2) is 8.26 Å². The Labute approximate surface area is 92.1 Å². The molecule has 0 saturated heterocycles. The Bertz CT molecular complexity index is 390. The fraction of sp³-hybridized carbons (Fsp3) is 0. The van der Waals surface area contributed by atoms with Crippen LogP contribution in [0.2, 0.25) is 0 Å². The van der Waals surface area contributed by atoms with Crippen molar-refractivity contribution in [3.63, 3.8) is 0 Å². The van der Waals surface area contributed by atoms with Crippen molar-refractivity contribution in [3.8, 4) is 0 Å². The molecule has 0 unspecified atom stereocenters. The largest absolute Gasteiger partial charge is 0.346 e. The summed E-state index contributed by atoms with van der Waals surface area (Å²) < 4.78 is 0.0375. The number of halogens is 2. The maximum absolute atomic E-state index is 10.4. The van der Waals surface area contributed by atoms with E-state index in [0.717, 1.165) is 0 Å². The molecule has 0 spiro atoms. The van der Waals surface area contributed by atoms with Crippen LogP contribution in [-0.4, -0.2) is 9.85 Å². The van der Waals surface area contributed by atoms with Gasteiger partial charge in [-0.05, 0) is 43.2 Å². The summed E-state index contributed by atoms with van der Waals surface area (Å²) >= 11 is 6.39. The molecule has 1 heterocycles. The van der Waals surface area contributed by atoms with Crippen molar-refractivity contribution in [1.29, 1.82) is 0 Å². The number of hydrogen-bond donors (Lipinski definition) is 0. The zero-order chi connectivity index (χ0) is 10.2. The van der Waals surface area contributed by atoms with E-state index in [1.165, 1.54) is 0 Å². The highest BCUT2D eigenvalue weighted by Gasteiger charge is 2.31. The van der Waals surface area contributed by atoms with Crippen molar-refractivity contribution in [3.05, 3.63) is 28.5 Å². The minimum Gasteiger partial charge on any atom is -0.258 e. The quantitative estimate of drug-likeness (QED) is 0.615. The summed E-state index contributed by atoms with van der Waals surface area (Å²) in [6, 6.07) is 0. The zero-order valence-corrected chi connectivity index (χ0v) is 9.68. The van der Waals surface area contributed by atoms with Crippen molar-refractivity contribution in [2.24, 2.45) is 0 Å². The zero-order valence-electron chi connectivity index (χ0n) is 5.69. The second kappa shape index (κ2) is 3.68. The van der Waals surface area contributed by atoms with Crippen LogP contribution in [-0.2, 0) is 0 Å². The maximum Gasteiger partial charge on any atom is 0.346 e. The fourth-order valence-corrected chi connectivity index (χ4v) is 3.27. The molecule has 9 heteroatoms. The summed E-state index contributed by atoms with van der Waals surface area (Å²) in [4.78, 5) is 19.4. The monoisotopic (exact) mass is 330 g/mol. The van der Waals surface area contributed by atoms with Gasteiger partial charge in [-0.2, -0.15) is 0 Å². The number of rotatable bonds is 2. The van der Waals surface area contributed by atoms with Gasteiger partial charge < -0.3 is 0 Å². The molecule has 0 radical (unpaired) electrons. The van der Waals surface area contributed by atoms with Crippen LogP contribution in [0.1, 0.15) is 0 Å². The summed E-state index contributed by atoms with van der Waals surface area (Å²) in [5, 5.41) is 20.5. The normalized spacial score (nSPS) is 10.0. The third-order valence-electron chi connectivity index (χ3n) is 1.12. The van der Waals surface area contributed by atoms with Crippen LogP contribution in [0, 0.1) is 20.2 Å². The minimum absolute atomic E-state index is 0.0978. The predicted octanol–water partition coefficient (Wildman–Crippen LogP) is 3.09. The number of hydrogen-bond acceptors (Lipinski definition) is 5. The molecule has 6 nitrogen and oxygen atoms in total. The molecular weight excluding hydrogens is 332 g/mol. The van der Waals surface area contributed by atoms with Crippen molar-refractivity contribution in [1.82, 2.24) is 0 Å². The van der Waals surface area contributed by atoms with Crippen LogP contribution in [0.15, 0.2) is 8.26 Å². The lowest BCUT2D eigenvalue weighted by molar-refractivity contribution is -0.392. The van der Waals surface area contributed by atoms with Gasteiger partial charge in [0.1, 0.15) is 0 Å². The molecule has 0 bridgehead atoms. The van der Waals surface area contributed by atoms with Gasteiger partial charge in [-0.15, -0.1) is 0 Å². The molecule has 0 aliphatic carbocycles. The van der Waals surface area contributed by atoms with Gasteiger partial charge in [-0.1, -0.05) is 0 Å². The summed E-state index contributed by atoms with van der Waals surface area (Å²) in [5.74, 6) is 0. The number of thiophene rings is 1. The lowest BCUT2D eigenvalue weighted by atomic mass is 10.5. The predicted molar refractivity (Wildman–Crippen MR) is 53.0 cm³/mol. The average molecular weight is 332 g/mol. The molecule has 0 aromatic carbocycles. The minimum atomic E-state index is -0.683. The van der Waals surface area contributed by atoms with E-state index in [0.29, 0.717) is 11.3 Å². The van der Waals surface area contributed by atoms with Gasteiger partial charge in [0.25, 0.3) is 0 Å². The summed E-state index contributed by atoms with van der Waals surface area (Å²) in [6.45, 7) is 0. The molecule has 0 fully saturated rings. The Morgan fingerprint density at radius 1 is 1.15 bits per heavy atom. The first kappa shape index (κ1) is 10.5. The molecule has 0 N–H and O–H groups in total. The fourth-order valence-electron chi connectivity index (χ4n) is 0.635. The van der Waals surface area contributed by atoms with E-state index in [9.17, 15) is 20.2 Å². The molecular formula is C4Br2N2O4S. The molecule has 13 heavy (non-hydrogen) atoms. The average Bonchev–Trinajstić information content (AvgIpc) is 2.26. The van der Waals surface area contributed by atoms with E-state index in [1.54, 1.807) is 0 Å². The molecule has 70 valence electrons. The van der Waals surface area contributed by atoms with Crippen molar-refractivity contribution in [2.45, 2.75) is 0 Å². The van der Waals surface area contributed by atoms with Gasteiger partial charge in [0, 0.05) is 0 Å². The Morgan fingerprint density at radius 3 is 1.92 bits per heavy atom. The first-order valence-electron chi connectivity index (χ1n) is 2.71. The van der Waals surface area contributed by atoms with Crippen molar-refractivity contribution >= 4 is 53.9 Å². The lowest BCUT2D eigenvalue weighted by Gasteiger charge is -1.86. The van der Waals surface area contributed by atoms with E-state index < -0.39 is 9.85 Å². The van der Waals surface area contributed by atoms with Crippen LogP contribution in [0.3, 0.4) is 0 Å². The van der Waals surface area contributed by atoms with Crippen LogP contribution in [0.5, 0.6) is 0 Å². The van der Waals surface area contributed by atoms with E-state index in [1.807, 2.05) is 0 Å². The highest BCUT2D eigenvalue weighted by molar-refractivity contribution is 9.11. The molecule has 1 aromatic rings. The van der Waals surface area contributed by atoms with Crippen molar-refractivity contribution < 1.29 is 9.85 Å². The molecule has 0 amide bonds. The van der Waals surface area contributed by atoms with E-state index >= 15 is 0 Å². The highest BCUT2D eigenvalue weighted by Crippen LogP contribution is 2.47. The molecule has 0 saturated carbocycles. The Morgan fingerprint density at radius 2 is 1.69 bits per heavy atom. The third-order valence-corrected chi connectivity index (χ3v) is 3.91. The second-order valence-corrected chi connectivity index (χ2v) is 4.97. The Hall–Kier alpha value is -0.540. The van der Waals surface area contributed by atoms with Gasteiger partial charge in [-0.3, -0.25) is 20.2 Å². The first-order chi connectivity index (χ1) is 5.95. The highest BCUT2D eigenvalue weighted by atomic mass is 79.9. The van der Waals surface area contributed by atoms with Gasteiger partial charge in [0.2, 0.25) is 0 Å². The SMILES string of the molecule is O=[N+]([O-])c1sc(Br)c([N+](=O)[O-])c1Br. The molecule has 0 aliphatic rings. The maximum atomic E-state index is 10.4. The van der Waals surface area contributed by atoms with Crippen molar-refractivity contribution in [2.75, 3.05) is 0 Å². The van der Waals surface area contributed by atoms with Gasteiger partial charge >= 0.3 is 10.7 Å². The second-order valence-electron chi connectivity index (χ2n) is 1.86. The van der Waals surface area contributed by atoms with Gasteiger partial charge in [-0.25, -0.2) is 0 Å². The number of nitrogens with zero attached hydrogens (tertiary/aromatic N) is 2. The number of nitro groups is 2. The molecule has 0 aliphatic heterocycles. The Kier molecular flexibility index (Phi) is 2.98. The lowest BCUT2D eigenvalue weighted by Crippen LogP contribution is -1.88.